The summed E-state index contributed by atoms with van der Waals surface area (Å²) in [6.07, 6.45) is 3.29. The van der Waals surface area contributed by atoms with E-state index in [1.807, 2.05) is 6.07 Å². The second-order valence-electron chi connectivity index (χ2n) is 5.23. The molecule has 0 spiro atoms. The molecule has 1 saturated carbocycles. The lowest BCUT2D eigenvalue weighted by Crippen LogP contribution is -2.32. The third-order valence-corrected chi connectivity index (χ3v) is 3.78. The Balaban J connectivity index is 2.05. The average Bonchev–Trinajstić information content (AvgIpc) is 2.48. The van der Waals surface area contributed by atoms with Crippen molar-refractivity contribution in [2.24, 2.45) is 5.92 Å². The molecule has 0 saturated heterocycles. The van der Waals surface area contributed by atoms with Gasteiger partial charge in [0.1, 0.15) is 17.4 Å². The van der Waals surface area contributed by atoms with E-state index in [2.05, 4.69) is 5.32 Å². The molecule has 0 heterocycles. The van der Waals surface area contributed by atoms with Gasteiger partial charge in [-0.2, -0.15) is 5.26 Å². The van der Waals surface area contributed by atoms with E-state index in [4.69, 9.17) is 10.00 Å². The average molecular weight is 290 g/mol. The number of nitrogens with one attached hydrogen (secondary N) is 1. The molecule has 0 aromatic heterocycles. The Morgan fingerprint density at radius 1 is 1.52 bits per heavy atom. The van der Waals surface area contributed by atoms with Crippen LogP contribution in [0.1, 0.15) is 38.2 Å². The molecular weight excluding hydrogens is 271 g/mol. The Kier molecular flexibility index (Phi) is 5.15. The minimum Gasteiger partial charge on any atom is -0.466 e. The van der Waals surface area contributed by atoms with Gasteiger partial charge >= 0.3 is 5.97 Å². The van der Waals surface area contributed by atoms with Gasteiger partial charge in [-0.05, 0) is 38.3 Å². The number of hydrogen-bond acceptors (Lipinski definition) is 4. The summed E-state index contributed by atoms with van der Waals surface area (Å²) in [6.45, 7) is 2.18. The zero-order chi connectivity index (χ0) is 15.2. The van der Waals surface area contributed by atoms with Crippen LogP contribution in [0, 0.1) is 23.1 Å². The molecule has 2 unspecified atom stereocenters. The molecule has 4 nitrogen and oxygen atoms in total. The lowest BCUT2D eigenvalue weighted by Gasteiger charge is -2.29. The molecule has 1 fully saturated rings. The second kappa shape index (κ2) is 7.07. The second-order valence-corrected chi connectivity index (χ2v) is 5.23. The summed E-state index contributed by atoms with van der Waals surface area (Å²) in [5.41, 5.74) is 0.516. The quantitative estimate of drug-likeness (QED) is 0.865. The largest absolute Gasteiger partial charge is 0.466 e. The van der Waals surface area contributed by atoms with Gasteiger partial charge in [0.05, 0.1) is 18.2 Å². The highest BCUT2D eigenvalue weighted by Crippen LogP contribution is 2.29. The monoisotopic (exact) mass is 290 g/mol. The van der Waals surface area contributed by atoms with Gasteiger partial charge in [0.25, 0.3) is 0 Å². The van der Waals surface area contributed by atoms with Gasteiger partial charge in [-0.3, -0.25) is 4.79 Å². The normalized spacial score (nSPS) is 21.4. The highest BCUT2D eigenvalue weighted by molar-refractivity contribution is 5.72. The maximum atomic E-state index is 13.6. The van der Waals surface area contributed by atoms with Crippen molar-refractivity contribution in [3.63, 3.8) is 0 Å². The van der Waals surface area contributed by atoms with Crippen LogP contribution in [0.25, 0.3) is 0 Å². The lowest BCUT2D eigenvalue weighted by atomic mass is 9.85. The van der Waals surface area contributed by atoms with Crippen LogP contribution in [0.15, 0.2) is 18.2 Å². The topological polar surface area (TPSA) is 62.1 Å². The Morgan fingerprint density at radius 2 is 2.33 bits per heavy atom. The summed E-state index contributed by atoms with van der Waals surface area (Å²) in [6, 6.07) is 6.47. The molecule has 0 bridgehead atoms. The van der Waals surface area contributed by atoms with Crippen molar-refractivity contribution < 1.29 is 13.9 Å². The van der Waals surface area contributed by atoms with Crippen molar-refractivity contribution in [1.29, 1.82) is 5.26 Å². The number of halogens is 1. The number of anilines is 1. The molecular formula is C16H19FN2O2. The highest BCUT2D eigenvalue weighted by Gasteiger charge is 2.28. The lowest BCUT2D eigenvalue weighted by molar-refractivity contribution is -0.149. The molecule has 2 rings (SSSR count). The number of hydrogen-bond donors (Lipinski definition) is 1. The van der Waals surface area contributed by atoms with E-state index in [0.29, 0.717) is 18.7 Å². The maximum Gasteiger partial charge on any atom is 0.308 e. The molecule has 1 aliphatic carbocycles. The number of rotatable bonds is 4. The molecule has 0 amide bonds. The molecule has 1 aromatic carbocycles. The number of nitrogens with zero attached hydrogens (tertiary/aromatic N) is 1. The van der Waals surface area contributed by atoms with Crippen LogP contribution in [-0.4, -0.2) is 18.6 Å². The first-order valence-electron chi connectivity index (χ1n) is 7.27. The number of carbonyl (C=O) groups is 1. The molecule has 2 atom stereocenters. The minimum atomic E-state index is -0.528. The fourth-order valence-electron chi connectivity index (χ4n) is 2.77. The smallest absolute Gasteiger partial charge is 0.308 e. The summed E-state index contributed by atoms with van der Waals surface area (Å²) in [5.74, 6) is -0.806. The van der Waals surface area contributed by atoms with Gasteiger partial charge in [0.15, 0.2) is 0 Å². The molecule has 1 aromatic rings. The van der Waals surface area contributed by atoms with E-state index in [1.165, 1.54) is 6.07 Å². The van der Waals surface area contributed by atoms with Gasteiger partial charge in [-0.15, -0.1) is 0 Å². The van der Waals surface area contributed by atoms with E-state index < -0.39 is 5.82 Å². The highest BCUT2D eigenvalue weighted by atomic mass is 19.1. The number of carbonyl (C=O) groups excluding carboxylic acids is 1. The van der Waals surface area contributed by atoms with E-state index >= 15 is 0 Å². The third-order valence-electron chi connectivity index (χ3n) is 3.78. The molecule has 0 radical (unpaired) electrons. The Bertz CT molecular complexity index is 554. The van der Waals surface area contributed by atoms with Crippen molar-refractivity contribution in [3.05, 3.63) is 29.6 Å². The summed E-state index contributed by atoms with van der Waals surface area (Å²) in [5, 5.41) is 12.2. The van der Waals surface area contributed by atoms with Gasteiger partial charge in [-0.25, -0.2) is 4.39 Å². The Hall–Kier alpha value is -2.09. The van der Waals surface area contributed by atoms with Crippen molar-refractivity contribution in [2.45, 2.75) is 38.6 Å². The SMILES string of the molecule is CCOC(=O)C1CCCC(Nc2cccc(F)c2C#N)C1. The molecule has 1 aliphatic rings. The Labute approximate surface area is 123 Å². The fourth-order valence-corrected chi connectivity index (χ4v) is 2.77. The molecule has 5 heteroatoms. The summed E-state index contributed by atoms with van der Waals surface area (Å²) in [4.78, 5) is 11.8. The van der Waals surface area contributed by atoms with E-state index in [1.54, 1.807) is 19.1 Å². The predicted molar refractivity (Wildman–Crippen MR) is 77.1 cm³/mol. The van der Waals surface area contributed by atoms with Crippen molar-refractivity contribution in [3.8, 4) is 6.07 Å². The van der Waals surface area contributed by atoms with E-state index in [9.17, 15) is 9.18 Å². The van der Waals surface area contributed by atoms with E-state index in [0.717, 1.165) is 19.3 Å². The van der Waals surface area contributed by atoms with E-state index in [-0.39, 0.29) is 23.5 Å². The Morgan fingerprint density at radius 3 is 3.05 bits per heavy atom. The van der Waals surface area contributed by atoms with Crippen LogP contribution in [0.4, 0.5) is 10.1 Å². The zero-order valence-electron chi connectivity index (χ0n) is 12.1. The fraction of sp³-hybridized carbons (Fsp3) is 0.500. The van der Waals surface area contributed by atoms with Crippen LogP contribution < -0.4 is 5.32 Å². The standard InChI is InChI=1S/C16H19FN2O2/c1-2-21-16(20)11-5-3-6-12(9-11)19-15-8-4-7-14(17)13(15)10-18/h4,7-8,11-12,19H,2-3,5-6,9H2,1H3. The number of ether oxygens (including phenoxy) is 1. The molecule has 112 valence electrons. The molecule has 21 heavy (non-hydrogen) atoms. The number of esters is 1. The summed E-state index contributed by atoms with van der Waals surface area (Å²) < 4.78 is 18.6. The minimum absolute atomic E-state index is 0.0239. The first-order valence-corrected chi connectivity index (χ1v) is 7.27. The molecule has 0 aliphatic heterocycles. The molecule has 1 N–H and O–H groups in total. The van der Waals surface area contributed by atoms with Crippen LogP contribution in [0.3, 0.4) is 0 Å². The van der Waals surface area contributed by atoms with Crippen LogP contribution in [0.2, 0.25) is 0 Å². The van der Waals surface area contributed by atoms with Crippen molar-refractivity contribution in [1.82, 2.24) is 0 Å². The van der Waals surface area contributed by atoms with Crippen molar-refractivity contribution >= 4 is 11.7 Å². The van der Waals surface area contributed by atoms with Gasteiger partial charge in [0, 0.05) is 6.04 Å². The van der Waals surface area contributed by atoms with Crippen LogP contribution in [0.5, 0.6) is 0 Å². The third kappa shape index (κ3) is 3.72. The zero-order valence-corrected chi connectivity index (χ0v) is 12.1. The number of benzene rings is 1. The first kappa shape index (κ1) is 15.3. The predicted octanol–water partition coefficient (Wildman–Crippen LogP) is 3.23. The van der Waals surface area contributed by atoms with Crippen LogP contribution >= 0.6 is 0 Å². The van der Waals surface area contributed by atoms with Crippen molar-refractivity contribution in [2.75, 3.05) is 11.9 Å². The van der Waals surface area contributed by atoms with Gasteiger partial charge in [0.2, 0.25) is 0 Å². The van der Waals surface area contributed by atoms with Gasteiger partial charge in [-0.1, -0.05) is 12.5 Å². The maximum absolute atomic E-state index is 13.6. The number of nitriles is 1. The first-order chi connectivity index (χ1) is 10.2. The van der Waals surface area contributed by atoms with Crippen LogP contribution in [-0.2, 0) is 9.53 Å². The van der Waals surface area contributed by atoms with Gasteiger partial charge < -0.3 is 10.1 Å². The summed E-state index contributed by atoms with van der Waals surface area (Å²) in [7, 11) is 0. The summed E-state index contributed by atoms with van der Waals surface area (Å²) >= 11 is 0.